The van der Waals surface area contributed by atoms with E-state index in [4.69, 9.17) is 0 Å². The Morgan fingerprint density at radius 3 is 2.56 bits per heavy atom. The lowest BCUT2D eigenvalue weighted by Crippen LogP contribution is -2.31. The van der Waals surface area contributed by atoms with Crippen LogP contribution in [0.4, 0.5) is 14.5 Å². The number of thioether (sulfide) groups is 1. The Morgan fingerprint density at radius 1 is 1.15 bits per heavy atom. The van der Waals surface area contributed by atoms with Gasteiger partial charge in [0.15, 0.2) is 11.6 Å². The van der Waals surface area contributed by atoms with Crippen molar-refractivity contribution >= 4 is 45.2 Å². The molecule has 0 spiro atoms. The standard InChI is InChI=1S/C19H19BrF2N2O2S/c1-12(13-6-7-16(21)17(22)8-13)24(2)19(26)11-27-10-18(25)23-15-5-3-4-14(20)9-15/h3-9,12H,10-11H2,1-2H3,(H,23,25). The second kappa shape index (κ2) is 9.85. The second-order valence-corrected chi connectivity index (χ2v) is 7.81. The molecule has 1 N–H and O–H groups in total. The lowest BCUT2D eigenvalue weighted by atomic mass is 10.1. The number of hydrogen-bond donors (Lipinski definition) is 1. The molecule has 1 atom stereocenters. The minimum Gasteiger partial charge on any atom is -0.338 e. The van der Waals surface area contributed by atoms with Crippen LogP contribution in [0.1, 0.15) is 18.5 Å². The number of anilines is 1. The van der Waals surface area contributed by atoms with E-state index < -0.39 is 17.7 Å². The molecule has 2 aromatic carbocycles. The SMILES string of the molecule is CC(c1ccc(F)c(F)c1)N(C)C(=O)CSCC(=O)Nc1cccc(Br)c1. The molecule has 2 amide bonds. The molecule has 144 valence electrons. The summed E-state index contributed by atoms with van der Waals surface area (Å²) in [5.41, 5.74) is 1.17. The number of carbonyl (C=O) groups is 2. The molecule has 0 aliphatic rings. The maximum absolute atomic E-state index is 13.4. The van der Waals surface area contributed by atoms with Crippen molar-refractivity contribution in [1.29, 1.82) is 0 Å². The monoisotopic (exact) mass is 456 g/mol. The summed E-state index contributed by atoms with van der Waals surface area (Å²) in [4.78, 5) is 25.7. The summed E-state index contributed by atoms with van der Waals surface area (Å²) in [6.45, 7) is 1.73. The number of hydrogen-bond acceptors (Lipinski definition) is 3. The first-order chi connectivity index (χ1) is 12.8. The summed E-state index contributed by atoms with van der Waals surface area (Å²) in [5.74, 6) is -2.04. The molecule has 8 heteroatoms. The van der Waals surface area contributed by atoms with Crippen molar-refractivity contribution in [2.45, 2.75) is 13.0 Å². The van der Waals surface area contributed by atoms with Crippen molar-refractivity contribution < 1.29 is 18.4 Å². The van der Waals surface area contributed by atoms with Crippen molar-refractivity contribution in [3.05, 3.63) is 64.1 Å². The minimum absolute atomic E-state index is 0.108. The van der Waals surface area contributed by atoms with Gasteiger partial charge in [-0.05, 0) is 42.8 Å². The van der Waals surface area contributed by atoms with Crippen LogP contribution in [0.5, 0.6) is 0 Å². The third kappa shape index (κ3) is 6.32. The van der Waals surface area contributed by atoms with Gasteiger partial charge in [0.05, 0.1) is 17.5 Å². The molecular weight excluding hydrogens is 438 g/mol. The largest absolute Gasteiger partial charge is 0.338 e. The van der Waals surface area contributed by atoms with Gasteiger partial charge in [0.2, 0.25) is 11.8 Å². The molecule has 0 aliphatic heterocycles. The highest BCUT2D eigenvalue weighted by molar-refractivity contribution is 9.10. The molecule has 0 fully saturated rings. The first-order valence-corrected chi connectivity index (χ1v) is 10.1. The third-order valence-corrected chi connectivity index (χ3v) is 5.38. The third-order valence-electron chi connectivity index (χ3n) is 3.97. The number of amides is 2. The fourth-order valence-electron chi connectivity index (χ4n) is 2.31. The average Bonchev–Trinajstić information content (AvgIpc) is 2.62. The van der Waals surface area contributed by atoms with Crippen LogP contribution in [-0.2, 0) is 9.59 Å². The quantitative estimate of drug-likeness (QED) is 0.661. The summed E-state index contributed by atoms with van der Waals surface area (Å²) < 4.78 is 27.3. The molecule has 1 unspecified atom stereocenters. The second-order valence-electron chi connectivity index (χ2n) is 5.91. The molecular formula is C19H19BrF2N2O2S. The Morgan fingerprint density at radius 2 is 1.89 bits per heavy atom. The van der Waals surface area contributed by atoms with E-state index in [0.29, 0.717) is 11.3 Å². The van der Waals surface area contributed by atoms with Gasteiger partial charge in [0.1, 0.15) is 0 Å². The lowest BCUT2D eigenvalue weighted by molar-refractivity contribution is -0.128. The van der Waals surface area contributed by atoms with E-state index >= 15 is 0 Å². The zero-order valence-corrected chi connectivity index (χ0v) is 17.2. The van der Waals surface area contributed by atoms with Crippen molar-refractivity contribution in [3.63, 3.8) is 0 Å². The van der Waals surface area contributed by atoms with Crippen molar-refractivity contribution in [3.8, 4) is 0 Å². The van der Waals surface area contributed by atoms with Gasteiger partial charge in [-0.15, -0.1) is 11.8 Å². The molecule has 0 saturated carbocycles. The fourth-order valence-corrected chi connectivity index (χ4v) is 3.45. The Bertz CT molecular complexity index is 835. The van der Waals surface area contributed by atoms with E-state index in [2.05, 4.69) is 21.2 Å². The normalized spacial score (nSPS) is 11.7. The molecule has 27 heavy (non-hydrogen) atoms. The zero-order valence-electron chi connectivity index (χ0n) is 14.8. The van der Waals surface area contributed by atoms with Gasteiger partial charge in [-0.1, -0.05) is 28.1 Å². The maximum atomic E-state index is 13.4. The number of nitrogens with zero attached hydrogens (tertiary/aromatic N) is 1. The fraction of sp³-hybridized carbons (Fsp3) is 0.263. The van der Waals surface area contributed by atoms with Crippen molar-refractivity contribution in [1.82, 2.24) is 4.90 Å². The molecule has 0 bridgehead atoms. The van der Waals surface area contributed by atoms with Crippen LogP contribution in [0.25, 0.3) is 0 Å². The van der Waals surface area contributed by atoms with E-state index in [1.54, 1.807) is 26.1 Å². The van der Waals surface area contributed by atoms with Crippen molar-refractivity contribution in [2.24, 2.45) is 0 Å². The number of halogens is 3. The van der Waals surface area contributed by atoms with Gasteiger partial charge in [0.25, 0.3) is 0 Å². The molecule has 2 aromatic rings. The Labute approximate surface area is 169 Å². The number of carbonyl (C=O) groups excluding carboxylic acids is 2. The molecule has 0 saturated heterocycles. The molecule has 0 aliphatic carbocycles. The van der Waals surface area contributed by atoms with Gasteiger partial charge in [-0.3, -0.25) is 9.59 Å². The highest BCUT2D eigenvalue weighted by Crippen LogP contribution is 2.22. The van der Waals surface area contributed by atoms with Crippen LogP contribution in [0.2, 0.25) is 0 Å². The summed E-state index contributed by atoms with van der Waals surface area (Å²) in [6, 6.07) is 10.4. The predicted octanol–water partition coefficient (Wildman–Crippen LogP) is 4.62. The van der Waals surface area contributed by atoms with Gasteiger partial charge >= 0.3 is 0 Å². The highest BCUT2D eigenvalue weighted by Gasteiger charge is 2.19. The molecule has 0 aromatic heterocycles. The Hall–Kier alpha value is -1.93. The molecule has 0 radical (unpaired) electrons. The van der Waals surface area contributed by atoms with E-state index in [1.165, 1.54) is 22.7 Å². The van der Waals surface area contributed by atoms with Crippen LogP contribution in [-0.4, -0.2) is 35.3 Å². The summed E-state index contributed by atoms with van der Waals surface area (Å²) in [5, 5.41) is 2.75. The average molecular weight is 457 g/mol. The zero-order chi connectivity index (χ0) is 20.0. The van der Waals surface area contributed by atoms with Crippen molar-refractivity contribution in [2.75, 3.05) is 23.9 Å². The Balaban J connectivity index is 1.81. The lowest BCUT2D eigenvalue weighted by Gasteiger charge is -2.25. The van der Waals surface area contributed by atoms with Gasteiger partial charge in [-0.2, -0.15) is 0 Å². The van der Waals surface area contributed by atoms with Crippen LogP contribution in [0.3, 0.4) is 0 Å². The Kier molecular flexibility index (Phi) is 7.79. The van der Waals surface area contributed by atoms with Gasteiger partial charge in [0, 0.05) is 17.2 Å². The maximum Gasteiger partial charge on any atom is 0.234 e. The van der Waals surface area contributed by atoms with Gasteiger partial charge in [-0.25, -0.2) is 8.78 Å². The highest BCUT2D eigenvalue weighted by atomic mass is 79.9. The number of benzene rings is 2. The molecule has 0 heterocycles. The first-order valence-electron chi connectivity index (χ1n) is 8.11. The summed E-state index contributed by atoms with van der Waals surface area (Å²) in [7, 11) is 1.59. The van der Waals surface area contributed by atoms with Crippen LogP contribution >= 0.6 is 27.7 Å². The van der Waals surface area contributed by atoms with E-state index in [1.807, 2.05) is 12.1 Å². The molecule has 2 rings (SSSR count). The number of nitrogens with one attached hydrogen (secondary N) is 1. The van der Waals surface area contributed by atoms with Crippen LogP contribution in [0.15, 0.2) is 46.9 Å². The number of rotatable bonds is 7. The first kappa shape index (κ1) is 21.4. The molecule has 4 nitrogen and oxygen atoms in total. The summed E-state index contributed by atoms with van der Waals surface area (Å²) >= 11 is 4.52. The minimum atomic E-state index is -0.946. The smallest absolute Gasteiger partial charge is 0.234 e. The van der Waals surface area contributed by atoms with Crippen LogP contribution < -0.4 is 5.32 Å². The predicted molar refractivity (Wildman–Crippen MR) is 108 cm³/mol. The topological polar surface area (TPSA) is 49.4 Å². The van der Waals surface area contributed by atoms with E-state index in [-0.39, 0.29) is 23.3 Å². The summed E-state index contributed by atoms with van der Waals surface area (Å²) in [6.07, 6.45) is 0. The van der Waals surface area contributed by atoms with Gasteiger partial charge < -0.3 is 10.2 Å². The van der Waals surface area contributed by atoms with E-state index in [9.17, 15) is 18.4 Å². The van der Waals surface area contributed by atoms with Crippen LogP contribution in [0, 0.1) is 11.6 Å². The van der Waals surface area contributed by atoms with E-state index in [0.717, 1.165) is 16.6 Å².